The van der Waals surface area contributed by atoms with Crippen molar-refractivity contribution < 1.29 is 4.39 Å². The Morgan fingerprint density at radius 1 is 1.29 bits per heavy atom. The van der Waals surface area contributed by atoms with Crippen molar-refractivity contribution in [2.75, 3.05) is 18.5 Å². The summed E-state index contributed by atoms with van der Waals surface area (Å²) >= 11 is 0. The predicted molar refractivity (Wildman–Crippen MR) is 84.4 cm³/mol. The molecule has 0 atom stereocenters. The lowest BCUT2D eigenvalue weighted by Crippen LogP contribution is -2.19. The lowest BCUT2D eigenvalue weighted by Gasteiger charge is -2.21. The second-order valence-electron chi connectivity index (χ2n) is 5.22. The van der Waals surface area contributed by atoms with Crippen LogP contribution < -0.4 is 10.2 Å². The van der Waals surface area contributed by atoms with Gasteiger partial charge in [-0.05, 0) is 44.2 Å². The van der Waals surface area contributed by atoms with Crippen LogP contribution in [-0.4, -0.2) is 23.4 Å². The van der Waals surface area contributed by atoms with Crippen molar-refractivity contribution in [3.63, 3.8) is 0 Å². The van der Waals surface area contributed by atoms with Gasteiger partial charge in [0.15, 0.2) is 0 Å². The Bertz CT molecular complexity index is 589. The molecule has 0 aliphatic rings. The first-order valence-electron chi connectivity index (χ1n) is 7.27. The summed E-state index contributed by atoms with van der Waals surface area (Å²) in [6.07, 6.45) is 1.10. The zero-order chi connectivity index (χ0) is 15.4. The van der Waals surface area contributed by atoms with E-state index in [1.807, 2.05) is 30.6 Å². The van der Waals surface area contributed by atoms with Crippen LogP contribution in [0.15, 0.2) is 24.3 Å². The summed E-state index contributed by atoms with van der Waals surface area (Å²) < 4.78 is 15.0. The molecule has 21 heavy (non-hydrogen) atoms. The monoisotopic (exact) mass is 290 g/mol. The van der Waals surface area contributed by atoms with Crippen LogP contribution in [0.1, 0.15) is 24.6 Å². The van der Waals surface area contributed by atoms with Crippen molar-refractivity contribution >= 4 is 11.5 Å². The van der Waals surface area contributed by atoms with Crippen LogP contribution in [-0.2, 0) is 13.6 Å². The molecule has 1 aromatic carbocycles. The molecule has 5 heteroatoms. The van der Waals surface area contributed by atoms with E-state index in [1.165, 1.54) is 17.7 Å². The highest BCUT2D eigenvalue weighted by atomic mass is 19.1. The molecule has 2 rings (SSSR count). The number of aromatic nitrogens is 2. The molecule has 0 aliphatic carbocycles. The Morgan fingerprint density at radius 3 is 2.57 bits per heavy atom. The number of rotatable bonds is 6. The van der Waals surface area contributed by atoms with Crippen LogP contribution in [0.2, 0.25) is 0 Å². The zero-order valence-electron chi connectivity index (χ0n) is 13.2. The number of aryl methyl sites for hydroxylation is 2. The highest BCUT2D eigenvalue weighted by Gasteiger charge is 2.17. The fourth-order valence-corrected chi connectivity index (χ4v) is 2.49. The molecule has 0 amide bonds. The number of hydrogen-bond acceptors (Lipinski definition) is 3. The van der Waals surface area contributed by atoms with Gasteiger partial charge in [-0.1, -0.05) is 6.92 Å². The number of anilines is 2. The predicted octanol–water partition coefficient (Wildman–Crippen LogP) is 3.14. The summed E-state index contributed by atoms with van der Waals surface area (Å²) in [6, 6.07) is 6.51. The van der Waals surface area contributed by atoms with Gasteiger partial charge in [0.2, 0.25) is 0 Å². The summed E-state index contributed by atoms with van der Waals surface area (Å²) in [7, 11) is 3.92. The highest BCUT2D eigenvalue weighted by Crippen LogP contribution is 2.28. The second-order valence-corrected chi connectivity index (χ2v) is 5.22. The first-order valence-corrected chi connectivity index (χ1v) is 7.27. The van der Waals surface area contributed by atoms with E-state index in [9.17, 15) is 4.39 Å². The van der Waals surface area contributed by atoms with E-state index in [0.29, 0.717) is 0 Å². The molecule has 0 aliphatic heterocycles. The topological polar surface area (TPSA) is 33.1 Å². The molecule has 0 radical (unpaired) electrons. The minimum Gasteiger partial charge on any atom is -0.329 e. The van der Waals surface area contributed by atoms with Crippen molar-refractivity contribution in [3.8, 4) is 0 Å². The smallest absolute Gasteiger partial charge is 0.135 e. The van der Waals surface area contributed by atoms with Gasteiger partial charge in [0, 0.05) is 31.9 Å². The third-order valence-corrected chi connectivity index (χ3v) is 3.57. The summed E-state index contributed by atoms with van der Waals surface area (Å²) in [4.78, 5) is 2.04. The fraction of sp³-hybridized carbons (Fsp3) is 0.438. The van der Waals surface area contributed by atoms with E-state index in [-0.39, 0.29) is 5.82 Å². The van der Waals surface area contributed by atoms with Crippen LogP contribution in [0.5, 0.6) is 0 Å². The maximum atomic E-state index is 13.1. The summed E-state index contributed by atoms with van der Waals surface area (Å²) in [6.45, 7) is 5.93. The van der Waals surface area contributed by atoms with Crippen LogP contribution in [0.25, 0.3) is 0 Å². The SMILES string of the molecule is CCCNCc1c(C)nn(C)c1N(C)c1ccc(F)cc1. The van der Waals surface area contributed by atoms with Gasteiger partial charge in [-0.3, -0.25) is 4.68 Å². The number of halogens is 1. The van der Waals surface area contributed by atoms with Crippen LogP contribution in [0, 0.1) is 12.7 Å². The molecular formula is C16H23FN4. The van der Waals surface area contributed by atoms with Crippen LogP contribution in [0.4, 0.5) is 15.9 Å². The normalized spacial score (nSPS) is 10.9. The molecule has 2 aromatic rings. The summed E-state index contributed by atoms with van der Waals surface area (Å²) in [5, 5.41) is 7.94. The van der Waals surface area contributed by atoms with Crippen LogP contribution in [0.3, 0.4) is 0 Å². The average Bonchev–Trinajstić information content (AvgIpc) is 2.74. The molecule has 0 bridgehead atoms. The number of nitrogens with zero attached hydrogens (tertiary/aromatic N) is 3. The molecule has 0 saturated carbocycles. The quantitative estimate of drug-likeness (QED) is 0.830. The minimum atomic E-state index is -0.224. The fourth-order valence-electron chi connectivity index (χ4n) is 2.49. The summed E-state index contributed by atoms with van der Waals surface area (Å²) in [5.74, 6) is 0.806. The third-order valence-electron chi connectivity index (χ3n) is 3.57. The number of hydrogen-bond donors (Lipinski definition) is 1. The van der Waals surface area contributed by atoms with Gasteiger partial charge in [0.25, 0.3) is 0 Å². The third kappa shape index (κ3) is 3.42. The van der Waals surface area contributed by atoms with Gasteiger partial charge in [0.1, 0.15) is 11.6 Å². The maximum Gasteiger partial charge on any atom is 0.135 e. The largest absolute Gasteiger partial charge is 0.329 e. The molecule has 0 saturated heterocycles. The average molecular weight is 290 g/mol. The van der Waals surface area contributed by atoms with Gasteiger partial charge in [-0.15, -0.1) is 0 Å². The van der Waals surface area contributed by atoms with Gasteiger partial charge >= 0.3 is 0 Å². The molecule has 4 nitrogen and oxygen atoms in total. The first kappa shape index (κ1) is 15.5. The molecular weight excluding hydrogens is 267 g/mol. The van der Waals surface area contributed by atoms with E-state index >= 15 is 0 Å². The van der Waals surface area contributed by atoms with E-state index in [2.05, 4.69) is 17.3 Å². The Labute approximate surface area is 125 Å². The van der Waals surface area contributed by atoms with E-state index in [1.54, 1.807) is 12.1 Å². The molecule has 114 valence electrons. The van der Waals surface area contributed by atoms with Gasteiger partial charge in [0.05, 0.1) is 5.69 Å². The van der Waals surface area contributed by atoms with Crippen LogP contribution >= 0.6 is 0 Å². The summed E-state index contributed by atoms with van der Waals surface area (Å²) in [5.41, 5.74) is 3.14. The molecule has 1 heterocycles. The number of benzene rings is 1. The zero-order valence-corrected chi connectivity index (χ0v) is 13.2. The van der Waals surface area contributed by atoms with E-state index in [0.717, 1.165) is 36.7 Å². The van der Waals surface area contributed by atoms with Crippen molar-refractivity contribution in [1.29, 1.82) is 0 Å². The Morgan fingerprint density at radius 2 is 1.95 bits per heavy atom. The maximum absolute atomic E-state index is 13.1. The van der Waals surface area contributed by atoms with Crippen molar-refractivity contribution in [1.82, 2.24) is 15.1 Å². The lowest BCUT2D eigenvalue weighted by atomic mass is 10.2. The van der Waals surface area contributed by atoms with Gasteiger partial charge in [-0.2, -0.15) is 5.10 Å². The van der Waals surface area contributed by atoms with Crippen molar-refractivity contribution in [3.05, 3.63) is 41.3 Å². The van der Waals surface area contributed by atoms with Crippen molar-refractivity contribution in [2.45, 2.75) is 26.8 Å². The van der Waals surface area contributed by atoms with E-state index < -0.39 is 0 Å². The highest BCUT2D eigenvalue weighted by molar-refractivity contribution is 5.63. The van der Waals surface area contributed by atoms with Gasteiger partial charge < -0.3 is 10.2 Å². The Balaban J connectivity index is 2.31. The van der Waals surface area contributed by atoms with E-state index in [4.69, 9.17) is 0 Å². The standard InChI is InChI=1S/C16H23FN4/c1-5-10-18-11-15-12(2)19-21(4)16(15)20(3)14-8-6-13(17)7-9-14/h6-9,18H,5,10-11H2,1-4H3. The molecule has 0 unspecified atom stereocenters. The Kier molecular flexibility index (Phi) is 4.96. The minimum absolute atomic E-state index is 0.224. The Hall–Kier alpha value is -1.88. The molecule has 1 aromatic heterocycles. The molecule has 0 spiro atoms. The molecule has 0 fully saturated rings. The number of nitrogens with one attached hydrogen (secondary N) is 1. The first-order chi connectivity index (χ1) is 10.0. The molecule has 1 N–H and O–H groups in total. The lowest BCUT2D eigenvalue weighted by molar-refractivity contribution is 0.628. The van der Waals surface area contributed by atoms with Crippen molar-refractivity contribution in [2.24, 2.45) is 7.05 Å². The second kappa shape index (κ2) is 6.72. The van der Waals surface area contributed by atoms with Gasteiger partial charge in [-0.25, -0.2) is 4.39 Å².